The lowest BCUT2D eigenvalue weighted by Crippen LogP contribution is -2.25. The second-order valence-corrected chi connectivity index (χ2v) is 3.64. The first kappa shape index (κ1) is 11.2. The van der Waals surface area contributed by atoms with Crippen LogP contribution in [0.15, 0.2) is 24.3 Å². The van der Waals surface area contributed by atoms with E-state index in [9.17, 15) is 4.79 Å². The molecule has 14 heavy (non-hydrogen) atoms. The molecule has 0 bridgehead atoms. The van der Waals surface area contributed by atoms with Gasteiger partial charge in [-0.15, -0.1) is 0 Å². The number of benzene rings is 1. The number of likely N-dealkylation sites (N-methyl/N-ethyl adjacent to an activating group) is 1. The van der Waals surface area contributed by atoms with E-state index >= 15 is 0 Å². The van der Waals surface area contributed by atoms with E-state index in [1.807, 2.05) is 31.0 Å². The van der Waals surface area contributed by atoms with Gasteiger partial charge in [-0.1, -0.05) is 30.7 Å². The van der Waals surface area contributed by atoms with Gasteiger partial charge in [0.25, 0.3) is 0 Å². The summed E-state index contributed by atoms with van der Waals surface area (Å²) in [7, 11) is 1.91. The molecule has 0 aliphatic carbocycles. The summed E-state index contributed by atoms with van der Waals surface area (Å²) < 4.78 is 0. The predicted octanol–water partition coefficient (Wildman–Crippen LogP) is 2.47. The molecule has 0 fully saturated rings. The van der Waals surface area contributed by atoms with E-state index in [1.54, 1.807) is 12.1 Å². The largest absolute Gasteiger partial charge is 0.299 e. The van der Waals surface area contributed by atoms with Crippen molar-refractivity contribution in [1.82, 2.24) is 4.90 Å². The smallest absolute Gasteiger partial charge is 0.178 e. The van der Waals surface area contributed by atoms with Crippen LogP contribution in [0.5, 0.6) is 0 Å². The minimum Gasteiger partial charge on any atom is -0.299 e. The molecule has 76 valence electrons. The van der Waals surface area contributed by atoms with E-state index in [2.05, 4.69) is 0 Å². The van der Waals surface area contributed by atoms with Gasteiger partial charge in [-0.2, -0.15) is 0 Å². The van der Waals surface area contributed by atoms with E-state index in [0.29, 0.717) is 17.1 Å². The van der Waals surface area contributed by atoms with E-state index in [1.165, 1.54) is 0 Å². The van der Waals surface area contributed by atoms with Crippen molar-refractivity contribution in [1.29, 1.82) is 0 Å². The van der Waals surface area contributed by atoms with Gasteiger partial charge in [0.2, 0.25) is 0 Å². The first-order valence-corrected chi connectivity index (χ1v) is 4.99. The molecule has 1 aromatic rings. The monoisotopic (exact) mass is 211 g/mol. The Morgan fingerprint density at radius 3 is 2.64 bits per heavy atom. The fourth-order valence-corrected chi connectivity index (χ4v) is 1.37. The van der Waals surface area contributed by atoms with Gasteiger partial charge in [0.05, 0.1) is 11.6 Å². The van der Waals surface area contributed by atoms with Gasteiger partial charge < -0.3 is 0 Å². The fraction of sp³-hybridized carbons (Fsp3) is 0.364. The van der Waals surface area contributed by atoms with Crippen LogP contribution in [0.25, 0.3) is 0 Å². The Morgan fingerprint density at radius 1 is 1.43 bits per heavy atom. The normalized spacial score (nSPS) is 10.6. The Hall–Kier alpha value is -0.860. The number of Topliss-reactive ketones (excluding diaryl/α,β-unsaturated/α-hetero) is 1. The highest BCUT2D eigenvalue weighted by atomic mass is 35.5. The van der Waals surface area contributed by atoms with Crippen molar-refractivity contribution in [3.8, 4) is 0 Å². The standard InChI is InChI=1S/C11H14ClNO/c1-3-13(2)8-11(14)9-6-4-5-7-10(9)12/h4-7H,3,8H2,1-2H3. The number of ketones is 1. The van der Waals surface area contributed by atoms with Crippen molar-refractivity contribution >= 4 is 17.4 Å². The maximum Gasteiger partial charge on any atom is 0.178 e. The minimum atomic E-state index is 0.0694. The van der Waals surface area contributed by atoms with Crippen LogP contribution < -0.4 is 0 Å². The summed E-state index contributed by atoms with van der Waals surface area (Å²) in [4.78, 5) is 13.7. The molecule has 0 atom stereocenters. The Balaban J connectivity index is 2.75. The molecule has 1 aromatic carbocycles. The lowest BCUT2D eigenvalue weighted by molar-refractivity contribution is 0.0949. The average Bonchev–Trinajstić information content (AvgIpc) is 2.18. The van der Waals surface area contributed by atoms with Crippen LogP contribution in [0.2, 0.25) is 5.02 Å². The summed E-state index contributed by atoms with van der Waals surface area (Å²) in [6, 6.07) is 7.14. The zero-order valence-electron chi connectivity index (χ0n) is 8.46. The lowest BCUT2D eigenvalue weighted by atomic mass is 10.1. The zero-order valence-corrected chi connectivity index (χ0v) is 9.21. The number of hydrogen-bond acceptors (Lipinski definition) is 2. The second kappa shape index (κ2) is 5.13. The number of nitrogens with zero attached hydrogens (tertiary/aromatic N) is 1. The summed E-state index contributed by atoms with van der Waals surface area (Å²) in [5.41, 5.74) is 0.606. The van der Waals surface area contributed by atoms with Crippen molar-refractivity contribution in [2.24, 2.45) is 0 Å². The minimum absolute atomic E-state index is 0.0694. The molecule has 0 heterocycles. The van der Waals surface area contributed by atoms with E-state index in [-0.39, 0.29) is 5.78 Å². The van der Waals surface area contributed by atoms with Crippen LogP contribution in [-0.2, 0) is 0 Å². The molecule has 3 heteroatoms. The van der Waals surface area contributed by atoms with Crippen molar-refractivity contribution in [3.63, 3.8) is 0 Å². The number of hydrogen-bond donors (Lipinski definition) is 0. The van der Waals surface area contributed by atoms with Gasteiger partial charge in [-0.3, -0.25) is 9.69 Å². The van der Waals surface area contributed by atoms with Crippen LogP contribution in [0.1, 0.15) is 17.3 Å². The molecule has 0 aliphatic heterocycles. The zero-order chi connectivity index (χ0) is 10.6. The molecule has 0 N–H and O–H groups in total. The Kier molecular flexibility index (Phi) is 4.11. The van der Waals surface area contributed by atoms with E-state index < -0.39 is 0 Å². The quantitative estimate of drug-likeness (QED) is 0.714. The Labute approximate surface area is 89.5 Å². The molecule has 2 nitrogen and oxygen atoms in total. The summed E-state index contributed by atoms with van der Waals surface area (Å²) in [5.74, 6) is 0.0694. The molecule has 0 radical (unpaired) electrons. The third kappa shape index (κ3) is 2.82. The van der Waals surface area contributed by atoms with Crippen LogP contribution >= 0.6 is 11.6 Å². The maximum atomic E-state index is 11.7. The maximum absolute atomic E-state index is 11.7. The van der Waals surface area contributed by atoms with Crippen LogP contribution in [-0.4, -0.2) is 30.8 Å². The van der Waals surface area contributed by atoms with Gasteiger partial charge >= 0.3 is 0 Å². The fourth-order valence-electron chi connectivity index (χ4n) is 1.13. The van der Waals surface area contributed by atoms with Crippen molar-refractivity contribution in [3.05, 3.63) is 34.9 Å². The molecule has 1 rings (SSSR count). The van der Waals surface area contributed by atoms with Gasteiger partial charge in [-0.05, 0) is 25.7 Å². The van der Waals surface area contributed by atoms with Crippen molar-refractivity contribution in [2.45, 2.75) is 6.92 Å². The third-order valence-corrected chi connectivity index (χ3v) is 2.46. The highest BCUT2D eigenvalue weighted by Crippen LogP contribution is 2.15. The second-order valence-electron chi connectivity index (χ2n) is 3.23. The highest BCUT2D eigenvalue weighted by Gasteiger charge is 2.10. The van der Waals surface area contributed by atoms with Crippen molar-refractivity contribution in [2.75, 3.05) is 20.1 Å². The van der Waals surface area contributed by atoms with Gasteiger partial charge in [-0.25, -0.2) is 0 Å². The SMILES string of the molecule is CCN(C)CC(=O)c1ccccc1Cl. The molecular weight excluding hydrogens is 198 g/mol. The van der Waals surface area contributed by atoms with Gasteiger partial charge in [0, 0.05) is 5.56 Å². The summed E-state index contributed by atoms with van der Waals surface area (Å²) >= 11 is 5.91. The number of carbonyl (C=O) groups is 1. The molecule has 0 unspecified atom stereocenters. The summed E-state index contributed by atoms with van der Waals surface area (Å²) in [6.07, 6.45) is 0. The number of halogens is 1. The summed E-state index contributed by atoms with van der Waals surface area (Å²) in [5, 5.41) is 0.530. The Bertz CT molecular complexity index is 325. The lowest BCUT2D eigenvalue weighted by Gasteiger charge is -2.12. The van der Waals surface area contributed by atoms with Crippen molar-refractivity contribution < 1.29 is 4.79 Å². The predicted molar refractivity (Wildman–Crippen MR) is 59.0 cm³/mol. The van der Waals surface area contributed by atoms with Gasteiger partial charge in [0.1, 0.15) is 0 Å². The highest BCUT2D eigenvalue weighted by molar-refractivity contribution is 6.34. The number of rotatable bonds is 4. The first-order valence-electron chi connectivity index (χ1n) is 4.61. The molecule has 0 saturated carbocycles. The third-order valence-electron chi connectivity index (χ3n) is 2.13. The topological polar surface area (TPSA) is 20.3 Å². The first-order chi connectivity index (χ1) is 6.65. The molecule has 0 spiro atoms. The molecule has 0 aromatic heterocycles. The average molecular weight is 212 g/mol. The van der Waals surface area contributed by atoms with Crippen LogP contribution in [0.3, 0.4) is 0 Å². The number of carbonyl (C=O) groups excluding carboxylic acids is 1. The van der Waals surface area contributed by atoms with Gasteiger partial charge in [0.15, 0.2) is 5.78 Å². The summed E-state index contributed by atoms with van der Waals surface area (Å²) in [6.45, 7) is 3.29. The van der Waals surface area contributed by atoms with E-state index in [0.717, 1.165) is 6.54 Å². The van der Waals surface area contributed by atoms with Crippen LogP contribution in [0.4, 0.5) is 0 Å². The van der Waals surface area contributed by atoms with E-state index in [4.69, 9.17) is 11.6 Å². The Morgan fingerprint density at radius 2 is 2.07 bits per heavy atom. The van der Waals surface area contributed by atoms with Crippen LogP contribution in [0, 0.1) is 0 Å². The molecular formula is C11H14ClNO. The molecule has 0 aliphatic rings. The molecule has 0 amide bonds. The molecule has 0 saturated heterocycles.